The number of hydrogen-bond acceptors (Lipinski definition) is 5. The highest BCUT2D eigenvalue weighted by molar-refractivity contribution is 6.06. The molecule has 2 amide bonds. The van der Waals surface area contributed by atoms with Gasteiger partial charge in [0, 0.05) is 12.1 Å². The molecule has 0 unspecified atom stereocenters. The monoisotopic (exact) mass is 383 g/mol. The minimum absolute atomic E-state index is 0.0424. The van der Waals surface area contributed by atoms with Gasteiger partial charge in [0.15, 0.2) is 12.4 Å². The van der Waals surface area contributed by atoms with Gasteiger partial charge in [-0.3, -0.25) is 24.1 Å². The predicted octanol–water partition coefficient (Wildman–Crippen LogP) is 2.45. The van der Waals surface area contributed by atoms with Gasteiger partial charge < -0.3 is 4.74 Å². The average Bonchev–Trinajstić information content (AvgIpc) is 3.35. The first kappa shape index (κ1) is 18.8. The van der Waals surface area contributed by atoms with Crippen LogP contribution in [0.1, 0.15) is 47.2 Å². The Bertz CT molecular complexity index is 832. The summed E-state index contributed by atoms with van der Waals surface area (Å²) in [7, 11) is 0. The van der Waals surface area contributed by atoms with Crippen LogP contribution in [0.4, 0.5) is 0 Å². The van der Waals surface area contributed by atoms with Gasteiger partial charge in [-0.05, 0) is 62.1 Å². The van der Waals surface area contributed by atoms with Gasteiger partial charge in [-0.15, -0.1) is 0 Å². The summed E-state index contributed by atoms with van der Waals surface area (Å²) in [6.45, 7) is 3.59. The summed E-state index contributed by atoms with van der Waals surface area (Å²) < 4.78 is 5.07. The molecule has 1 aromatic rings. The van der Waals surface area contributed by atoms with E-state index in [1.54, 1.807) is 12.1 Å². The number of hydrogen-bond donors (Lipinski definition) is 0. The molecule has 0 spiro atoms. The largest absolute Gasteiger partial charge is 0.457 e. The number of benzene rings is 1. The number of aryl methyl sites for hydroxylation is 2. The minimum atomic E-state index is -0.571. The molecule has 4 rings (SSSR count). The molecule has 148 valence electrons. The van der Waals surface area contributed by atoms with Gasteiger partial charge in [-0.1, -0.05) is 12.1 Å². The Morgan fingerprint density at radius 3 is 2.29 bits per heavy atom. The number of carbonyl (C=O) groups excluding carboxylic acids is 4. The van der Waals surface area contributed by atoms with Crippen molar-refractivity contribution in [2.75, 3.05) is 13.2 Å². The van der Waals surface area contributed by atoms with E-state index in [1.165, 1.54) is 4.90 Å². The van der Waals surface area contributed by atoms with Crippen molar-refractivity contribution in [2.24, 2.45) is 23.7 Å². The van der Waals surface area contributed by atoms with E-state index in [0.717, 1.165) is 30.4 Å². The smallest absolute Gasteiger partial charge is 0.308 e. The summed E-state index contributed by atoms with van der Waals surface area (Å²) >= 11 is 0. The molecule has 1 aliphatic heterocycles. The Morgan fingerprint density at radius 2 is 1.68 bits per heavy atom. The highest BCUT2D eigenvalue weighted by atomic mass is 16.5. The third-order valence-electron chi connectivity index (χ3n) is 6.75. The number of rotatable bonds is 6. The van der Waals surface area contributed by atoms with Gasteiger partial charge in [0.1, 0.15) is 0 Å². The Kier molecular flexibility index (Phi) is 4.81. The van der Waals surface area contributed by atoms with Crippen molar-refractivity contribution in [1.29, 1.82) is 0 Å². The number of likely N-dealkylation sites (tertiary alicyclic amines) is 1. The normalized spacial score (nSPS) is 28.0. The summed E-state index contributed by atoms with van der Waals surface area (Å²) in [5.41, 5.74) is 2.60. The van der Waals surface area contributed by atoms with Crippen LogP contribution in [0.15, 0.2) is 18.2 Å². The van der Waals surface area contributed by atoms with Gasteiger partial charge in [-0.25, -0.2) is 0 Å². The molecule has 6 heteroatoms. The van der Waals surface area contributed by atoms with Crippen LogP contribution < -0.4 is 0 Å². The van der Waals surface area contributed by atoms with Crippen LogP contribution in [0.2, 0.25) is 0 Å². The zero-order valence-electron chi connectivity index (χ0n) is 16.3. The fourth-order valence-corrected chi connectivity index (χ4v) is 5.11. The van der Waals surface area contributed by atoms with Crippen LogP contribution in [0.25, 0.3) is 0 Å². The number of fused-ring (bicyclic) bond motifs is 5. The van der Waals surface area contributed by atoms with Crippen LogP contribution in [0.3, 0.4) is 0 Å². The SMILES string of the molecule is Cc1ccc(C(=O)COC(=O)CCN2C(=O)[C@H]3[C@H]4CC[C@@H](C4)[C@@H]3C2=O)cc1C. The third kappa shape index (κ3) is 3.15. The van der Waals surface area contributed by atoms with Crippen LogP contribution in [0.5, 0.6) is 0 Å². The Labute approximate surface area is 164 Å². The number of imide groups is 1. The number of esters is 1. The van der Waals surface area contributed by atoms with Crippen LogP contribution >= 0.6 is 0 Å². The highest BCUT2D eigenvalue weighted by Crippen LogP contribution is 2.56. The molecule has 1 saturated heterocycles. The molecule has 1 aromatic carbocycles. The zero-order chi connectivity index (χ0) is 20.0. The lowest BCUT2D eigenvalue weighted by molar-refractivity contribution is -0.145. The second kappa shape index (κ2) is 7.15. The van der Waals surface area contributed by atoms with Crippen molar-refractivity contribution in [3.63, 3.8) is 0 Å². The van der Waals surface area contributed by atoms with E-state index < -0.39 is 5.97 Å². The zero-order valence-corrected chi connectivity index (χ0v) is 16.3. The molecule has 1 heterocycles. The molecule has 2 bridgehead atoms. The molecule has 0 aromatic heterocycles. The first-order valence-electron chi connectivity index (χ1n) is 9.98. The van der Waals surface area contributed by atoms with E-state index in [4.69, 9.17) is 4.74 Å². The second-order valence-corrected chi connectivity index (χ2v) is 8.35. The lowest BCUT2D eigenvalue weighted by Gasteiger charge is -2.19. The van der Waals surface area contributed by atoms with E-state index >= 15 is 0 Å². The lowest BCUT2D eigenvalue weighted by Crippen LogP contribution is -2.35. The maximum absolute atomic E-state index is 12.6. The molecule has 2 aliphatic carbocycles. The van der Waals surface area contributed by atoms with Crippen LogP contribution in [-0.4, -0.2) is 41.6 Å². The number of carbonyl (C=O) groups is 4. The average molecular weight is 383 g/mol. The lowest BCUT2D eigenvalue weighted by atomic mass is 9.81. The number of nitrogens with zero attached hydrogens (tertiary/aromatic N) is 1. The van der Waals surface area contributed by atoms with Crippen molar-refractivity contribution in [3.8, 4) is 0 Å². The number of amides is 2. The summed E-state index contributed by atoms with van der Waals surface area (Å²) in [6, 6.07) is 5.35. The van der Waals surface area contributed by atoms with Crippen molar-refractivity contribution in [3.05, 3.63) is 34.9 Å². The van der Waals surface area contributed by atoms with Crippen molar-refractivity contribution in [1.82, 2.24) is 4.90 Å². The molecular weight excluding hydrogens is 358 g/mol. The van der Waals surface area contributed by atoms with Gasteiger partial charge in [0.2, 0.25) is 11.8 Å². The molecule has 0 N–H and O–H groups in total. The predicted molar refractivity (Wildman–Crippen MR) is 100 cm³/mol. The molecule has 0 radical (unpaired) electrons. The van der Waals surface area contributed by atoms with E-state index in [1.807, 2.05) is 19.9 Å². The van der Waals surface area contributed by atoms with Gasteiger partial charge in [0.05, 0.1) is 18.3 Å². The highest BCUT2D eigenvalue weighted by Gasteiger charge is 2.60. The maximum atomic E-state index is 12.6. The van der Waals surface area contributed by atoms with E-state index in [0.29, 0.717) is 17.4 Å². The van der Waals surface area contributed by atoms with Crippen molar-refractivity contribution in [2.45, 2.75) is 39.5 Å². The molecule has 4 atom stereocenters. The summed E-state index contributed by atoms with van der Waals surface area (Å²) in [6.07, 6.45) is 2.97. The quantitative estimate of drug-likeness (QED) is 0.428. The van der Waals surface area contributed by atoms with Gasteiger partial charge >= 0.3 is 5.97 Å². The third-order valence-corrected chi connectivity index (χ3v) is 6.75. The Morgan fingerprint density at radius 1 is 1.04 bits per heavy atom. The first-order valence-corrected chi connectivity index (χ1v) is 9.98. The Balaban J connectivity index is 1.28. The van der Waals surface area contributed by atoms with Gasteiger partial charge in [-0.2, -0.15) is 0 Å². The number of Topliss-reactive ketones (excluding diaryl/α,β-unsaturated/α-hetero) is 1. The molecule has 2 saturated carbocycles. The van der Waals surface area contributed by atoms with Crippen LogP contribution in [-0.2, 0) is 19.1 Å². The molecule has 6 nitrogen and oxygen atoms in total. The van der Waals surface area contributed by atoms with E-state index in [9.17, 15) is 19.2 Å². The van der Waals surface area contributed by atoms with Crippen LogP contribution in [0, 0.1) is 37.5 Å². The Hall–Kier alpha value is -2.50. The number of ether oxygens (including phenoxy) is 1. The second-order valence-electron chi connectivity index (χ2n) is 8.35. The maximum Gasteiger partial charge on any atom is 0.308 e. The summed E-state index contributed by atoms with van der Waals surface area (Å²) in [5, 5.41) is 0. The topological polar surface area (TPSA) is 80.8 Å². The molecule has 28 heavy (non-hydrogen) atoms. The number of ketones is 1. The van der Waals surface area contributed by atoms with E-state index in [-0.39, 0.29) is 49.0 Å². The standard InChI is InChI=1S/C22H25NO5/c1-12-3-4-14(9-13(12)2)17(24)11-28-18(25)7-8-23-21(26)19-15-5-6-16(10-15)20(19)22(23)27/h3-4,9,15-16,19-20H,5-8,10-11H2,1-2H3/t15-,16-,19-,20-/m0/s1. The molecule has 3 fully saturated rings. The minimum Gasteiger partial charge on any atom is -0.457 e. The van der Waals surface area contributed by atoms with Crippen molar-refractivity contribution < 1.29 is 23.9 Å². The van der Waals surface area contributed by atoms with Gasteiger partial charge in [0.25, 0.3) is 0 Å². The summed E-state index contributed by atoms with van der Waals surface area (Å²) in [5.74, 6) is -0.767. The molecule has 3 aliphatic rings. The first-order chi connectivity index (χ1) is 13.4. The van der Waals surface area contributed by atoms with E-state index in [2.05, 4.69) is 0 Å². The summed E-state index contributed by atoms with van der Waals surface area (Å²) in [4.78, 5) is 50.7. The fraction of sp³-hybridized carbons (Fsp3) is 0.545. The fourth-order valence-electron chi connectivity index (χ4n) is 5.11. The van der Waals surface area contributed by atoms with Crippen molar-refractivity contribution >= 4 is 23.6 Å². The molecular formula is C22H25NO5.